The maximum Gasteiger partial charge on any atom is 0.497 e. The van der Waals surface area contributed by atoms with E-state index >= 15 is 0 Å². The number of halogens is 4. The lowest BCUT2D eigenvalue weighted by Gasteiger charge is -2.35. The van der Waals surface area contributed by atoms with Gasteiger partial charge in [0.1, 0.15) is 23.2 Å². The minimum Gasteiger partial charge on any atom is -0.399 e. The molecule has 6 fully saturated rings. The molecular formula is C73H86BBrF3N3O13S3. The van der Waals surface area contributed by atoms with E-state index in [2.05, 4.69) is 15.9 Å². The van der Waals surface area contributed by atoms with E-state index in [0.29, 0.717) is 137 Å². The predicted octanol–water partition coefficient (Wildman–Crippen LogP) is 15.0. The standard InChI is InChI=1S/C22H22FNO4S.C21H30BFO6S.C20H18FNO3S.C7H4BrN.3CH4/c23-21-13-19(5-6-20(21)18-3-1-16(14-24)2-4-18)29(25,26)15-17-7-9-22(10-8-17)27-11-12-28-22;1-19(2)20(3,4)29-22(28-19)17-6-5-16(13-18(17)23)30(24,25)14-15-7-9-21(10-8-15)26-11-12-27-21;21-20-11-18(26(24,25)13-15-3-7-17(23)8-4-15)9-10-19(20)16-5-1-14(12-22)2-6-16;8-7-3-1-6(5-9)2-4-7;;;/h1-6,13,17H,7-12,15H2;5-6,13,15H,7-12,14H2,1-4H3;1-2,5-6,9-11,15H,3-4,7-8,13H2;1-4H;3*1H4. The molecule has 0 unspecified atom stereocenters. The summed E-state index contributed by atoms with van der Waals surface area (Å²) in [6.07, 6.45) is 7.63. The fourth-order valence-electron chi connectivity index (χ4n) is 12.2. The molecule has 0 N–H and O–H groups in total. The Hall–Kier alpha value is -6.60. The predicted molar refractivity (Wildman–Crippen MR) is 371 cm³/mol. The second-order valence-corrected chi connectivity index (χ2v) is 32.5. The van der Waals surface area contributed by atoms with Crippen molar-refractivity contribution < 1.29 is 71.5 Å². The first-order valence-electron chi connectivity index (χ1n) is 31.2. The number of ketones is 1. The molecular weight excluding hydrogens is 1370 g/mol. The summed E-state index contributed by atoms with van der Waals surface area (Å²) in [4.78, 5) is 11.2. The van der Waals surface area contributed by atoms with Gasteiger partial charge >= 0.3 is 7.12 Å². The molecule has 6 aliphatic rings. The molecule has 0 radical (unpaired) electrons. The maximum atomic E-state index is 14.9. The molecule has 3 saturated heterocycles. The lowest BCUT2D eigenvalue weighted by atomic mass is 9.79. The molecule has 6 aromatic rings. The van der Waals surface area contributed by atoms with Crippen molar-refractivity contribution in [1.29, 1.82) is 15.8 Å². The summed E-state index contributed by atoms with van der Waals surface area (Å²) in [5.41, 5.74) is 2.44. The fraction of sp³-hybridized carbons (Fsp3) is 0.452. The van der Waals surface area contributed by atoms with Gasteiger partial charge in [0.05, 0.1) is 104 Å². The van der Waals surface area contributed by atoms with Crippen molar-refractivity contribution in [1.82, 2.24) is 0 Å². The van der Waals surface area contributed by atoms with Crippen molar-refractivity contribution in [2.75, 3.05) is 43.7 Å². The number of carbonyl (C=O) groups excluding carboxylic acids is 1. The summed E-state index contributed by atoms with van der Waals surface area (Å²) in [6.45, 7) is 9.93. The number of sulfone groups is 3. The summed E-state index contributed by atoms with van der Waals surface area (Å²) < 4.78 is 156. The summed E-state index contributed by atoms with van der Waals surface area (Å²) in [5, 5.41) is 26.1. The average Bonchev–Trinajstić information content (AvgIpc) is 1.66. The minimum absolute atomic E-state index is 0. The number of nitriles is 3. The number of ether oxygens (including phenoxy) is 4. The van der Waals surface area contributed by atoms with Gasteiger partial charge in [-0.1, -0.05) is 80.7 Å². The minimum atomic E-state index is -3.61. The lowest BCUT2D eigenvalue weighted by molar-refractivity contribution is -0.181. The number of hydrogen-bond acceptors (Lipinski definition) is 16. The normalized spacial score (nSPS) is 19.3. The van der Waals surface area contributed by atoms with Gasteiger partial charge in [0.25, 0.3) is 0 Å². The van der Waals surface area contributed by atoms with Gasteiger partial charge in [-0.05, 0) is 180 Å². The molecule has 520 valence electrons. The number of hydrogen-bond donors (Lipinski definition) is 0. The van der Waals surface area contributed by atoms with Crippen LogP contribution in [0.5, 0.6) is 0 Å². The number of benzene rings is 6. The molecule has 16 nitrogen and oxygen atoms in total. The van der Waals surface area contributed by atoms with Crippen LogP contribution in [0.2, 0.25) is 0 Å². The third-order valence-electron chi connectivity index (χ3n) is 18.5. The van der Waals surface area contributed by atoms with Crippen LogP contribution in [0.3, 0.4) is 0 Å². The van der Waals surface area contributed by atoms with E-state index in [1.54, 1.807) is 60.7 Å². The van der Waals surface area contributed by atoms with Crippen LogP contribution in [0.15, 0.2) is 147 Å². The summed E-state index contributed by atoms with van der Waals surface area (Å²) in [5.74, 6) is -2.79. The number of rotatable bonds is 12. The van der Waals surface area contributed by atoms with Crippen LogP contribution in [-0.2, 0) is 62.6 Å². The first-order valence-corrected chi connectivity index (χ1v) is 37.0. The van der Waals surface area contributed by atoms with E-state index < -0.39 is 76.9 Å². The van der Waals surface area contributed by atoms with Gasteiger partial charge in [-0.2, -0.15) is 15.8 Å². The van der Waals surface area contributed by atoms with Gasteiger partial charge in [-0.25, -0.2) is 38.4 Å². The van der Waals surface area contributed by atoms with Crippen LogP contribution >= 0.6 is 15.9 Å². The molecule has 3 saturated carbocycles. The molecule has 3 heterocycles. The number of nitrogens with zero attached hydrogens (tertiary/aromatic N) is 3. The molecule has 0 bridgehead atoms. The van der Waals surface area contributed by atoms with Crippen LogP contribution in [0.1, 0.15) is 144 Å². The highest BCUT2D eigenvalue weighted by atomic mass is 79.9. The molecule has 97 heavy (non-hydrogen) atoms. The highest BCUT2D eigenvalue weighted by Gasteiger charge is 2.53. The van der Waals surface area contributed by atoms with E-state index in [0.717, 1.165) is 22.7 Å². The fourth-order valence-corrected chi connectivity index (χ4v) is 17.6. The molecule has 3 aliphatic heterocycles. The molecule has 0 atom stereocenters. The molecule has 6 aromatic carbocycles. The zero-order valence-electron chi connectivity index (χ0n) is 52.8. The molecule has 24 heteroatoms. The highest BCUT2D eigenvalue weighted by molar-refractivity contribution is 9.10. The van der Waals surface area contributed by atoms with Crippen LogP contribution in [0.4, 0.5) is 13.2 Å². The van der Waals surface area contributed by atoms with E-state index in [1.807, 2.05) is 58.0 Å². The largest absolute Gasteiger partial charge is 0.497 e. The Morgan fingerprint density at radius 3 is 1.09 bits per heavy atom. The topological polar surface area (TPSA) is 246 Å². The second kappa shape index (κ2) is 33.5. The monoisotopic (exact) mass is 1460 g/mol. The van der Waals surface area contributed by atoms with Crippen LogP contribution in [0.25, 0.3) is 22.3 Å². The number of carbonyl (C=O) groups is 1. The van der Waals surface area contributed by atoms with E-state index in [9.17, 15) is 43.2 Å². The molecule has 0 amide bonds. The first kappa shape index (κ1) is 79.4. The van der Waals surface area contributed by atoms with Crippen LogP contribution in [-0.4, -0.2) is 105 Å². The Kier molecular flexibility index (Phi) is 27.4. The van der Waals surface area contributed by atoms with Crippen molar-refractivity contribution in [3.8, 4) is 40.5 Å². The van der Waals surface area contributed by atoms with Crippen molar-refractivity contribution in [3.63, 3.8) is 0 Å². The van der Waals surface area contributed by atoms with Gasteiger partial charge < -0.3 is 28.3 Å². The quantitative estimate of drug-likeness (QED) is 0.103. The van der Waals surface area contributed by atoms with Gasteiger partial charge in [-0.15, -0.1) is 0 Å². The van der Waals surface area contributed by atoms with Crippen LogP contribution in [0, 0.1) is 69.2 Å². The lowest BCUT2D eigenvalue weighted by Crippen LogP contribution is -2.41. The van der Waals surface area contributed by atoms with Crippen molar-refractivity contribution in [2.45, 2.75) is 164 Å². The van der Waals surface area contributed by atoms with Gasteiger partial charge in [0.2, 0.25) is 0 Å². The van der Waals surface area contributed by atoms with Crippen molar-refractivity contribution in [2.24, 2.45) is 17.8 Å². The zero-order chi connectivity index (χ0) is 67.7. The van der Waals surface area contributed by atoms with Gasteiger partial charge in [-0.3, -0.25) is 4.79 Å². The average molecular weight is 1460 g/mol. The zero-order valence-corrected chi connectivity index (χ0v) is 56.8. The van der Waals surface area contributed by atoms with Crippen molar-refractivity contribution >= 4 is 63.8 Å². The van der Waals surface area contributed by atoms with E-state index in [-0.39, 0.29) is 88.8 Å². The summed E-state index contributed by atoms with van der Waals surface area (Å²) in [7, 11) is -11.7. The van der Waals surface area contributed by atoms with E-state index in [4.69, 9.17) is 44.0 Å². The SMILES string of the molecule is C.C.C.CC1(C)OB(c2ccc(S(=O)(=O)CC3CCC4(CC3)OCCO4)cc2F)OC1(C)C.N#Cc1ccc(-c2ccc(S(=O)(=O)CC3CCC(=O)CC3)cc2F)cc1.N#Cc1ccc(-c2ccc(S(=O)(=O)CC3CCC4(CC3)OCCO4)cc2F)cc1.N#Cc1ccc(Br)cc1. The Morgan fingerprint density at radius 1 is 0.464 bits per heavy atom. The summed E-state index contributed by atoms with van der Waals surface area (Å²) in [6, 6.07) is 38.2. The van der Waals surface area contributed by atoms with Gasteiger partial charge in [0, 0.05) is 59.6 Å². The maximum absolute atomic E-state index is 14.9. The third-order valence-corrected chi connectivity index (χ3v) is 24.6. The first-order chi connectivity index (χ1) is 44.6. The molecule has 0 aromatic heterocycles. The molecule has 2 spiro atoms. The summed E-state index contributed by atoms with van der Waals surface area (Å²) >= 11 is 3.27. The Balaban J connectivity index is 0.000000213. The second-order valence-electron chi connectivity index (χ2n) is 25.5. The molecule has 3 aliphatic carbocycles. The third kappa shape index (κ3) is 20.1. The van der Waals surface area contributed by atoms with Crippen molar-refractivity contribution in [3.05, 3.63) is 166 Å². The smallest absolute Gasteiger partial charge is 0.399 e. The number of Topliss-reactive ketones (excluding diaryl/α,β-unsaturated/α-hetero) is 1. The Bertz CT molecular complexity index is 4140. The highest BCUT2D eigenvalue weighted by Crippen LogP contribution is 2.42. The molecule has 12 rings (SSSR count). The Morgan fingerprint density at radius 2 is 0.773 bits per heavy atom. The van der Waals surface area contributed by atoms with Crippen LogP contribution < -0.4 is 5.46 Å². The van der Waals surface area contributed by atoms with E-state index in [1.165, 1.54) is 36.4 Å². The van der Waals surface area contributed by atoms with Gasteiger partial charge in [0.15, 0.2) is 41.1 Å². The Labute approximate surface area is 579 Å².